The second kappa shape index (κ2) is 58.6. The first-order valence-corrected chi connectivity index (χ1v) is 30.8. The summed E-state index contributed by atoms with van der Waals surface area (Å²) in [6.07, 6.45) is 73.2. The first kappa shape index (κ1) is 67.1. The Balaban J connectivity index is 3.42. The Morgan fingerprint density at radius 3 is 1.13 bits per heavy atom. The number of esters is 1. The number of rotatable bonds is 57. The number of hydrogen-bond acceptors (Lipinski definition) is 5. The van der Waals surface area contributed by atoms with Crippen molar-refractivity contribution in [1.82, 2.24) is 5.32 Å². The number of ether oxygens (including phenoxy) is 1. The fourth-order valence-corrected chi connectivity index (χ4v) is 9.43. The number of hydrogen-bond donors (Lipinski definition) is 3. The molecule has 0 aromatic carbocycles. The Morgan fingerprint density at radius 1 is 0.406 bits per heavy atom. The molecule has 0 radical (unpaired) electrons. The lowest BCUT2D eigenvalue weighted by atomic mass is 10.0. The molecule has 6 heteroatoms. The molecule has 2 unspecified atom stereocenters. The standard InChI is InChI=1S/C63H119NO5/c1-3-5-7-9-11-13-15-17-19-28-31-35-39-43-47-51-55-61(66)60(59-65)64-62(67)56-52-48-44-40-36-32-29-25-23-21-20-22-24-26-30-34-38-42-46-50-54-58-69-63(68)57-53-49-45-41-37-33-27-18-16-14-12-10-8-6-4-2/h12,14,18,27,51,55,60-61,65-66H,3-11,13,15-17,19-26,28-50,52-54,56-59H2,1-2H3,(H,64,67)/b14-12-,27-18-,55-51+. The molecule has 2 atom stereocenters. The van der Waals surface area contributed by atoms with Crippen LogP contribution in [0.4, 0.5) is 0 Å². The summed E-state index contributed by atoms with van der Waals surface area (Å²) in [4.78, 5) is 24.5. The van der Waals surface area contributed by atoms with Crippen molar-refractivity contribution in [2.45, 2.75) is 341 Å². The Bertz CT molecular complexity index is 1120. The van der Waals surface area contributed by atoms with Crippen molar-refractivity contribution in [3.05, 3.63) is 36.5 Å². The van der Waals surface area contributed by atoms with E-state index < -0.39 is 12.1 Å². The van der Waals surface area contributed by atoms with Gasteiger partial charge in [-0.15, -0.1) is 0 Å². The van der Waals surface area contributed by atoms with E-state index in [0.717, 1.165) is 51.4 Å². The molecule has 69 heavy (non-hydrogen) atoms. The lowest BCUT2D eigenvalue weighted by molar-refractivity contribution is -0.143. The number of unbranched alkanes of at least 4 members (excludes halogenated alkanes) is 42. The molecule has 0 aromatic rings. The van der Waals surface area contributed by atoms with Crippen LogP contribution >= 0.6 is 0 Å². The molecule has 1 amide bonds. The van der Waals surface area contributed by atoms with Crippen molar-refractivity contribution in [3.8, 4) is 0 Å². The number of amides is 1. The highest BCUT2D eigenvalue weighted by atomic mass is 16.5. The van der Waals surface area contributed by atoms with Gasteiger partial charge in [-0.3, -0.25) is 9.59 Å². The number of allylic oxidation sites excluding steroid dienone is 5. The van der Waals surface area contributed by atoms with Gasteiger partial charge in [-0.1, -0.05) is 288 Å². The van der Waals surface area contributed by atoms with Crippen LogP contribution in [-0.2, 0) is 14.3 Å². The summed E-state index contributed by atoms with van der Waals surface area (Å²) in [5.74, 6) is -0.0704. The van der Waals surface area contributed by atoms with Crippen LogP contribution in [0.25, 0.3) is 0 Å². The third-order valence-electron chi connectivity index (χ3n) is 14.2. The van der Waals surface area contributed by atoms with Gasteiger partial charge in [0.2, 0.25) is 5.91 Å². The normalized spacial score (nSPS) is 12.8. The predicted octanol–water partition coefficient (Wildman–Crippen LogP) is 19.2. The van der Waals surface area contributed by atoms with E-state index in [1.165, 1.54) is 250 Å². The van der Waals surface area contributed by atoms with E-state index in [-0.39, 0.29) is 18.5 Å². The second-order valence-electron chi connectivity index (χ2n) is 21.0. The molecule has 0 saturated carbocycles. The first-order chi connectivity index (χ1) is 34.0. The SMILES string of the molecule is CCCCC/C=C\C/C=C\CCCCCCCC(=O)OCCCCCCCCCCCCCCCCCCCCCCCC(=O)NC(CO)C(O)/C=C/CCCCCCCCCCCCCCCC. The van der Waals surface area contributed by atoms with Crippen molar-refractivity contribution in [2.24, 2.45) is 0 Å². The monoisotopic (exact) mass is 970 g/mol. The second-order valence-corrected chi connectivity index (χ2v) is 21.0. The molecule has 0 aliphatic heterocycles. The van der Waals surface area contributed by atoms with Gasteiger partial charge in [-0.25, -0.2) is 0 Å². The van der Waals surface area contributed by atoms with Crippen molar-refractivity contribution < 1.29 is 24.5 Å². The maximum absolute atomic E-state index is 12.5. The van der Waals surface area contributed by atoms with E-state index in [1.54, 1.807) is 6.08 Å². The molecule has 6 nitrogen and oxygen atoms in total. The molecular formula is C63H119NO5. The highest BCUT2D eigenvalue weighted by Crippen LogP contribution is 2.17. The zero-order valence-corrected chi connectivity index (χ0v) is 46.3. The van der Waals surface area contributed by atoms with Gasteiger partial charge in [0.05, 0.1) is 25.4 Å². The number of carbonyl (C=O) groups excluding carboxylic acids is 2. The summed E-state index contributed by atoms with van der Waals surface area (Å²) in [7, 11) is 0. The van der Waals surface area contributed by atoms with E-state index in [4.69, 9.17) is 4.74 Å². The summed E-state index contributed by atoms with van der Waals surface area (Å²) in [6, 6.07) is -0.629. The van der Waals surface area contributed by atoms with Crippen LogP contribution in [0.15, 0.2) is 36.5 Å². The van der Waals surface area contributed by atoms with Gasteiger partial charge in [0, 0.05) is 12.8 Å². The van der Waals surface area contributed by atoms with Crippen molar-refractivity contribution >= 4 is 11.9 Å². The van der Waals surface area contributed by atoms with Gasteiger partial charge in [-0.05, 0) is 64.2 Å². The van der Waals surface area contributed by atoms with Gasteiger partial charge in [0.1, 0.15) is 0 Å². The molecule has 406 valence electrons. The highest BCUT2D eigenvalue weighted by Gasteiger charge is 2.18. The summed E-state index contributed by atoms with van der Waals surface area (Å²) >= 11 is 0. The highest BCUT2D eigenvalue weighted by molar-refractivity contribution is 5.76. The molecule has 0 rings (SSSR count). The van der Waals surface area contributed by atoms with Crippen LogP contribution in [0.5, 0.6) is 0 Å². The van der Waals surface area contributed by atoms with E-state index in [1.807, 2.05) is 6.08 Å². The van der Waals surface area contributed by atoms with E-state index in [2.05, 4.69) is 43.5 Å². The Hall–Kier alpha value is -1.92. The van der Waals surface area contributed by atoms with Crippen molar-refractivity contribution in [1.29, 1.82) is 0 Å². The molecule has 0 fully saturated rings. The van der Waals surface area contributed by atoms with Crippen LogP contribution in [0.2, 0.25) is 0 Å². The molecule has 0 spiro atoms. The lowest BCUT2D eigenvalue weighted by Gasteiger charge is -2.20. The molecule has 0 heterocycles. The number of aliphatic hydroxyl groups excluding tert-OH is 2. The van der Waals surface area contributed by atoms with Gasteiger partial charge in [-0.2, -0.15) is 0 Å². The maximum atomic E-state index is 12.5. The van der Waals surface area contributed by atoms with Crippen molar-refractivity contribution in [3.63, 3.8) is 0 Å². The Kier molecular flexibility index (Phi) is 57.0. The first-order valence-electron chi connectivity index (χ1n) is 30.8. The Labute approximate surface area is 430 Å². The van der Waals surface area contributed by atoms with E-state index in [0.29, 0.717) is 19.4 Å². The third kappa shape index (κ3) is 55.2. The number of nitrogens with one attached hydrogen (secondary N) is 1. The lowest BCUT2D eigenvalue weighted by Crippen LogP contribution is -2.45. The molecule has 0 bridgehead atoms. The summed E-state index contributed by atoms with van der Waals surface area (Å²) in [5, 5.41) is 23.1. The van der Waals surface area contributed by atoms with Gasteiger partial charge >= 0.3 is 5.97 Å². The molecule has 3 N–H and O–H groups in total. The molecular weight excluding hydrogens is 851 g/mol. The quantitative estimate of drug-likeness (QED) is 0.0321. The average molecular weight is 971 g/mol. The number of carbonyl (C=O) groups is 2. The summed E-state index contributed by atoms with van der Waals surface area (Å²) < 4.78 is 5.48. The van der Waals surface area contributed by atoms with Crippen LogP contribution in [0.1, 0.15) is 328 Å². The Morgan fingerprint density at radius 2 is 0.725 bits per heavy atom. The molecule has 0 aliphatic rings. The van der Waals surface area contributed by atoms with Crippen LogP contribution in [-0.4, -0.2) is 47.4 Å². The minimum absolute atomic E-state index is 0.00261. The molecule has 0 saturated heterocycles. The zero-order valence-electron chi connectivity index (χ0n) is 46.3. The smallest absolute Gasteiger partial charge is 0.305 e. The predicted molar refractivity (Wildman–Crippen MR) is 301 cm³/mol. The minimum Gasteiger partial charge on any atom is -0.466 e. The largest absolute Gasteiger partial charge is 0.466 e. The van der Waals surface area contributed by atoms with Crippen molar-refractivity contribution in [2.75, 3.05) is 13.2 Å². The van der Waals surface area contributed by atoms with Gasteiger partial charge in [0.25, 0.3) is 0 Å². The fraction of sp³-hybridized carbons (Fsp3) is 0.873. The van der Waals surface area contributed by atoms with Crippen LogP contribution in [0, 0.1) is 0 Å². The summed E-state index contributed by atoms with van der Waals surface area (Å²) in [6.45, 7) is 4.88. The summed E-state index contributed by atoms with van der Waals surface area (Å²) in [5.41, 5.74) is 0. The maximum Gasteiger partial charge on any atom is 0.305 e. The van der Waals surface area contributed by atoms with E-state index >= 15 is 0 Å². The molecule has 0 aliphatic carbocycles. The third-order valence-corrected chi connectivity index (χ3v) is 14.2. The zero-order chi connectivity index (χ0) is 50.0. The average Bonchev–Trinajstić information content (AvgIpc) is 3.35. The topological polar surface area (TPSA) is 95.9 Å². The van der Waals surface area contributed by atoms with Gasteiger partial charge in [0.15, 0.2) is 0 Å². The number of aliphatic hydroxyl groups is 2. The van der Waals surface area contributed by atoms with Crippen LogP contribution in [0.3, 0.4) is 0 Å². The van der Waals surface area contributed by atoms with E-state index in [9.17, 15) is 19.8 Å². The minimum atomic E-state index is -0.845. The van der Waals surface area contributed by atoms with Crippen LogP contribution < -0.4 is 5.32 Å². The van der Waals surface area contributed by atoms with Gasteiger partial charge < -0.3 is 20.3 Å². The molecule has 0 aromatic heterocycles. The fourth-order valence-electron chi connectivity index (χ4n) is 9.43.